The lowest BCUT2D eigenvalue weighted by Gasteiger charge is -2.30. The first-order valence-corrected chi connectivity index (χ1v) is 4.94. The Bertz CT molecular complexity index is 308. The summed E-state index contributed by atoms with van der Waals surface area (Å²) in [6, 6.07) is 0. The molecule has 1 unspecified atom stereocenters. The van der Waals surface area contributed by atoms with Crippen LogP contribution in [0, 0.1) is 11.8 Å². The van der Waals surface area contributed by atoms with Crippen LogP contribution in [-0.2, 0) is 5.21 Å². The maximum Gasteiger partial charge on any atom is 0.108 e. The Hall–Kier alpha value is -0.780. The molecule has 0 bridgehead atoms. The first kappa shape index (κ1) is 11.3. The summed E-state index contributed by atoms with van der Waals surface area (Å²) in [7, 11) is 0. The van der Waals surface area contributed by atoms with E-state index >= 15 is 0 Å². The van der Waals surface area contributed by atoms with Gasteiger partial charge in [0.15, 0.2) is 0 Å². The maximum atomic E-state index is 11.9. The zero-order valence-electron chi connectivity index (χ0n) is 9.48. The Morgan fingerprint density at radius 1 is 1.36 bits per heavy atom. The van der Waals surface area contributed by atoms with E-state index in [0.717, 1.165) is 23.5 Å². The standard InChI is InChI=1S/C12H18NO/c1-10(2)6-7-12(5)9-8-11(3,4)13(12)14/h1,8-9H2,2-5H3. The van der Waals surface area contributed by atoms with Crippen molar-refractivity contribution in [3.63, 3.8) is 0 Å². The third-order valence-corrected chi connectivity index (χ3v) is 2.77. The van der Waals surface area contributed by atoms with E-state index in [-0.39, 0.29) is 5.54 Å². The highest BCUT2D eigenvalue weighted by Crippen LogP contribution is 2.38. The molecule has 1 fully saturated rings. The summed E-state index contributed by atoms with van der Waals surface area (Å²) >= 11 is 0. The van der Waals surface area contributed by atoms with E-state index in [0.29, 0.717) is 0 Å². The van der Waals surface area contributed by atoms with Gasteiger partial charge in [0.2, 0.25) is 0 Å². The lowest BCUT2D eigenvalue weighted by Crippen LogP contribution is -2.45. The first-order valence-electron chi connectivity index (χ1n) is 4.94. The number of nitrogens with zero attached hydrogens (tertiary/aromatic N) is 1. The molecule has 1 aliphatic heterocycles. The quantitative estimate of drug-likeness (QED) is 0.541. The monoisotopic (exact) mass is 192 g/mol. The van der Waals surface area contributed by atoms with Gasteiger partial charge in [0.1, 0.15) is 5.54 Å². The summed E-state index contributed by atoms with van der Waals surface area (Å²) in [6.45, 7) is 11.4. The minimum Gasteiger partial charge on any atom is -0.132 e. The van der Waals surface area contributed by atoms with E-state index < -0.39 is 5.54 Å². The molecule has 0 aromatic rings. The summed E-state index contributed by atoms with van der Waals surface area (Å²) in [5, 5.41) is 13.1. The number of hydroxylamine groups is 2. The van der Waals surface area contributed by atoms with E-state index in [1.807, 2.05) is 27.7 Å². The molecule has 0 aromatic heterocycles. The van der Waals surface area contributed by atoms with Crippen LogP contribution in [0.25, 0.3) is 0 Å². The van der Waals surface area contributed by atoms with Crippen molar-refractivity contribution in [2.75, 3.05) is 0 Å². The van der Waals surface area contributed by atoms with Crippen molar-refractivity contribution in [1.29, 1.82) is 0 Å². The predicted molar refractivity (Wildman–Crippen MR) is 56.8 cm³/mol. The first-order chi connectivity index (χ1) is 6.28. The second-order valence-electron chi connectivity index (χ2n) is 4.91. The average molecular weight is 192 g/mol. The lowest BCUT2D eigenvalue weighted by atomic mass is 9.99. The molecule has 1 heterocycles. The van der Waals surface area contributed by atoms with Crippen molar-refractivity contribution in [3.05, 3.63) is 12.2 Å². The fraction of sp³-hybridized carbons (Fsp3) is 0.667. The topological polar surface area (TPSA) is 23.1 Å². The van der Waals surface area contributed by atoms with Crippen LogP contribution in [0.15, 0.2) is 12.2 Å². The largest absolute Gasteiger partial charge is 0.132 e. The van der Waals surface area contributed by atoms with E-state index in [4.69, 9.17) is 0 Å². The van der Waals surface area contributed by atoms with E-state index in [2.05, 4.69) is 18.4 Å². The fourth-order valence-corrected chi connectivity index (χ4v) is 1.78. The van der Waals surface area contributed by atoms with Crippen molar-refractivity contribution in [1.82, 2.24) is 5.06 Å². The van der Waals surface area contributed by atoms with Crippen LogP contribution in [0.2, 0.25) is 0 Å². The highest BCUT2D eigenvalue weighted by molar-refractivity contribution is 5.30. The Labute approximate surface area is 86.6 Å². The molecular formula is C12H18NO. The van der Waals surface area contributed by atoms with Gasteiger partial charge in [0.05, 0.1) is 0 Å². The number of hydrogen-bond acceptors (Lipinski definition) is 1. The summed E-state index contributed by atoms with van der Waals surface area (Å²) in [4.78, 5) is 0. The van der Waals surface area contributed by atoms with E-state index in [9.17, 15) is 5.21 Å². The van der Waals surface area contributed by atoms with Gasteiger partial charge in [0.25, 0.3) is 0 Å². The Kier molecular flexibility index (Phi) is 2.76. The molecule has 1 rings (SSSR count). The number of allylic oxidation sites excluding steroid dienone is 1. The summed E-state index contributed by atoms with van der Waals surface area (Å²) in [5.41, 5.74) is 0.00496. The number of hydrogen-bond donors (Lipinski definition) is 0. The van der Waals surface area contributed by atoms with Crippen LogP contribution in [0.5, 0.6) is 0 Å². The molecule has 0 saturated carbocycles. The molecule has 14 heavy (non-hydrogen) atoms. The molecule has 0 spiro atoms. The third-order valence-electron chi connectivity index (χ3n) is 2.77. The van der Waals surface area contributed by atoms with Crippen molar-refractivity contribution < 1.29 is 5.21 Å². The van der Waals surface area contributed by atoms with Crippen molar-refractivity contribution in [2.45, 2.75) is 51.6 Å². The highest BCUT2D eigenvalue weighted by Gasteiger charge is 2.47. The van der Waals surface area contributed by atoms with Gasteiger partial charge in [-0.1, -0.05) is 18.4 Å². The molecule has 77 valence electrons. The van der Waals surface area contributed by atoms with E-state index in [1.165, 1.54) is 0 Å². The Morgan fingerprint density at radius 3 is 2.29 bits per heavy atom. The van der Waals surface area contributed by atoms with Crippen molar-refractivity contribution in [2.24, 2.45) is 0 Å². The third kappa shape index (κ3) is 2.00. The summed E-state index contributed by atoms with van der Waals surface area (Å²) in [6.07, 6.45) is 1.74. The zero-order valence-corrected chi connectivity index (χ0v) is 9.48. The van der Waals surface area contributed by atoms with Gasteiger partial charge in [-0.15, -0.1) is 10.3 Å². The summed E-state index contributed by atoms with van der Waals surface area (Å²) in [5.74, 6) is 5.94. The second-order valence-corrected chi connectivity index (χ2v) is 4.91. The van der Waals surface area contributed by atoms with Gasteiger partial charge in [-0.05, 0) is 46.1 Å². The molecule has 1 atom stereocenters. The molecule has 0 aromatic carbocycles. The number of rotatable bonds is 0. The van der Waals surface area contributed by atoms with Crippen LogP contribution in [0.3, 0.4) is 0 Å². The lowest BCUT2D eigenvalue weighted by molar-refractivity contribution is -0.234. The normalized spacial score (nSPS) is 30.9. The van der Waals surface area contributed by atoms with Gasteiger partial charge in [0, 0.05) is 5.54 Å². The molecule has 0 amide bonds. The summed E-state index contributed by atoms with van der Waals surface area (Å²) < 4.78 is 0. The molecule has 1 radical (unpaired) electrons. The predicted octanol–water partition coefficient (Wildman–Crippen LogP) is 2.54. The van der Waals surface area contributed by atoms with Gasteiger partial charge < -0.3 is 0 Å². The zero-order chi connectivity index (χ0) is 11.0. The van der Waals surface area contributed by atoms with Crippen LogP contribution in [0.4, 0.5) is 0 Å². The molecule has 2 heteroatoms. The highest BCUT2D eigenvalue weighted by atomic mass is 16.5. The Balaban J connectivity index is 2.90. The minimum atomic E-state index is -0.525. The molecular weight excluding hydrogens is 174 g/mol. The molecule has 2 nitrogen and oxygen atoms in total. The van der Waals surface area contributed by atoms with Gasteiger partial charge in [-0.25, -0.2) is 0 Å². The minimum absolute atomic E-state index is 0.279. The van der Waals surface area contributed by atoms with Crippen LogP contribution < -0.4 is 0 Å². The van der Waals surface area contributed by atoms with Gasteiger partial charge >= 0.3 is 0 Å². The smallest absolute Gasteiger partial charge is 0.108 e. The van der Waals surface area contributed by atoms with Gasteiger partial charge in [-0.2, -0.15) is 0 Å². The molecule has 1 saturated heterocycles. The SMILES string of the molecule is C=C(C)C#CC1(C)CCC(C)(C)N1[O]. The molecule has 0 N–H and O–H groups in total. The Morgan fingerprint density at radius 2 is 1.93 bits per heavy atom. The second kappa shape index (κ2) is 3.42. The van der Waals surface area contributed by atoms with Crippen molar-refractivity contribution in [3.8, 4) is 11.8 Å². The molecule has 1 aliphatic rings. The van der Waals surface area contributed by atoms with Gasteiger partial charge in [-0.3, -0.25) is 0 Å². The van der Waals surface area contributed by atoms with Crippen LogP contribution in [-0.4, -0.2) is 16.1 Å². The average Bonchev–Trinajstić information content (AvgIpc) is 2.28. The van der Waals surface area contributed by atoms with Crippen LogP contribution in [0.1, 0.15) is 40.5 Å². The van der Waals surface area contributed by atoms with Crippen molar-refractivity contribution >= 4 is 0 Å². The van der Waals surface area contributed by atoms with E-state index in [1.54, 1.807) is 0 Å². The van der Waals surface area contributed by atoms with Crippen LogP contribution >= 0.6 is 0 Å². The fourth-order valence-electron chi connectivity index (χ4n) is 1.78. The molecule has 0 aliphatic carbocycles. The maximum absolute atomic E-state index is 11.9.